The monoisotopic (exact) mass is 411 g/mol. The third-order valence-electron chi connectivity index (χ3n) is 3.94. The first-order valence-corrected chi connectivity index (χ1v) is 8.87. The molecule has 0 atom stereocenters. The Kier molecular flexibility index (Phi) is 5.63. The Bertz CT molecular complexity index is 930. The maximum Gasteiger partial charge on any atom is 0.254 e. The highest BCUT2D eigenvalue weighted by molar-refractivity contribution is 9.10. The van der Waals surface area contributed by atoms with Gasteiger partial charge in [0.1, 0.15) is 5.75 Å². The van der Waals surface area contributed by atoms with Gasteiger partial charge in [0.05, 0.1) is 18.4 Å². The summed E-state index contributed by atoms with van der Waals surface area (Å²) in [6, 6.07) is 15.3. The van der Waals surface area contributed by atoms with Crippen molar-refractivity contribution in [3.8, 4) is 17.1 Å². The normalized spacial score (nSPS) is 10.4. The highest BCUT2D eigenvalue weighted by atomic mass is 79.9. The summed E-state index contributed by atoms with van der Waals surface area (Å²) in [4.78, 5) is 21.3. The van der Waals surface area contributed by atoms with Crippen LogP contribution in [-0.2, 0) is 6.54 Å². The van der Waals surface area contributed by atoms with Crippen molar-refractivity contribution < 1.29 is 9.53 Å². The Balaban J connectivity index is 1.75. The minimum Gasteiger partial charge on any atom is -0.496 e. The molecule has 2 aromatic carbocycles. The van der Waals surface area contributed by atoms with Gasteiger partial charge in [0, 0.05) is 28.3 Å². The number of aryl methyl sites for hydroxylation is 1. The predicted molar refractivity (Wildman–Crippen MR) is 104 cm³/mol. The van der Waals surface area contributed by atoms with E-state index >= 15 is 0 Å². The standard InChI is InChI=1S/C20H18BrN3O2/c1-13-17(12-22-19(24-13)14-6-4-3-5-7-14)20(25)23-11-15-10-16(21)8-9-18(15)26-2/h3-10,12H,11H2,1-2H3,(H,23,25). The second-order valence-corrected chi connectivity index (χ2v) is 6.61. The molecule has 5 nitrogen and oxygen atoms in total. The highest BCUT2D eigenvalue weighted by Crippen LogP contribution is 2.23. The number of benzene rings is 2. The van der Waals surface area contributed by atoms with Crippen LogP contribution < -0.4 is 10.1 Å². The molecule has 1 heterocycles. The maximum atomic E-state index is 12.5. The van der Waals surface area contributed by atoms with E-state index in [4.69, 9.17) is 4.74 Å². The van der Waals surface area contributed by atoms with Crippen LogP contribution in [0.15, 0.2) is 59.2 Å². The van der Waals surface area contributed by atoms with E-state index in [0.29, 0.717) is 23.6 Å². The molecule has 0 saturated carbocycles. The summed E-state index contributed by atoms with van der Waals surface area (Å²) in [5, 5.41) is 2.90. The van der Waals surface area contributed by atoms with Crippen LogP contribution in [0, 0.1) is 6.92 Å². The minimum atomic E-state index is -0.218. The van der Waals surface area contributed by atoms with Gasteiger partial charge in [-0.3, -0.25) is 4.79 Å². The molecule has 1 amide bonds. The molecule has 3 aromatic rings. The van der Waals surface area contributed by atoms with Gasteiger partial charge in [0.25, 0.3) is 5.91 Å². The fourth-order valence-electron chi connectivity index (χ4n) is 2.57. The maximum absolute atomic E-state index is 12.5. The number of ether oxygens (including phenoxy) is 1. The number of aromatic nitrogens is 2. The highest BCUT2D eigenvalue weighted by Gasteiger charge is 2.13. The van der Waals surface area contributed by atoms with Gasteiger partial charge in [0.15, 0.2) is 5.82 Å². The van der Waals surface area contributed by atoms with Gasteiger partial charge in [-0.2, -0.15) is 0 Å². The lowest BCUT2D eigenvalue weighted by Crippen LogP contribution is -2.24. The second kappa shape index (κ2) is 8.10. The lowest BCUT2D eigenvalue weighted by atomic mass is 10.1. The SMILES string of the molecule is COc1ccc(Br)cc1CNC(=O)c1cnc(-c2ccccc2)nc1C. The molecule has 0 saturated heterocycles. The molecule has 0 unspecified atom stereocenters. The topological polar surface area (TPSA) is 64.1 Å². The van der Waals surface area contributed by atoms with Crippen LogP contribution in [-0.4, -0.2) is 23.0 Å². The summed E-state index contributed by atoms with van der Waals surface area (Å²) in [6.07, 6.45) is 1.57. The molecule has 132 valence electrons. The van der Waals surface area contributed by atoms with E-state index in [1.807, 2.05) is 55.5 Å². The van der Waals surface area contributed by atoms with Crippen molar-refractivity contribution >= 4 is 21.8 Å². The number of nitrogens with one attached hydrogen (secondary N) is 1. The Morgan fingerprint density at radius 2 is 1.96 bits per heavy atom. The molecule has 0 bridgehead atoms. The van der Waals surface area contributed by atoms with Gasteiger partial charge in [-0.25, -0.2) is 9.97 Å². The van der Waals surface area contributed by atoms with E-state index in [0.717, 1.165) is 21.3 Å². The second-order valence-electron chi connectivity index (χ2n) is 5.70. The van der Waals surface area contributed by atoms with E-state index in [1.165, 1.54) is 0 Å². The van der Waals surface area contributed by atoms with E-state index < -0.39 is 0 Å². The molecular formula is C20H18BrN3O2. The average molecular weight is 412 g/mol. The Morgan fingerprint density at radius 1 is 1.19 bits per heavy atom. The average Bonchev–Trinajstić information content (AvgIpc) is 2.67. The Labute approximate surface area is 160 Å². The van der Waals surface area contributed by atoms with Crippen molar-refractivity contribution in [2.45, 2.75) is 13.5 Å². The molecule has 0 aliphatic carbocycles. The van der Waals surface area contributed by atoms with Crippen LogP contribution in [0.3, 0.4) is 0 Å². The summed E-state index contributed by atoms with van der Waals surface area (Å²) in [6.45, 7) is 2.16. The van der Waals surface area contributed by atoms with Crippen molar-refractivity contribution in [3.63, 3.8) is 0 Å². The molecule has 1 N–H and O–H groups in total. The number of amides is 1. The lowest BCUT2D eigenvalue weighted by Gasteiger charge is -2.11. The quantitative estimate of drug-likeness (QED) is 0.684. The van der Waals surface area contributed by atoms with Gasteiger partial charge in [-0.1, -0.05) is 46.3 Å². The van der Waals surface area contributed by atoms with Crippen LogP contribution in [0.4, 0.5) is 0 Å². The smallest absolute Gasteiger partial charge is 0.254 e. The molecule has 1 aromatic heterocycles. The van der Waals surface area contributed by atoms with E-state index in [9.17, 15) is 4.79 Å². The first-order chi connectivity index (χ1) is 12.6. The molecule has 6 heteroatoms. The molecular weight excluding hydrogens is 394 g/mol. The molecule has 0 radical (unpaired) electrons. The van der Waals surface area contributed by atoms with E-state index in [-0.39, 0.29) is 5.91 Å². The van der Waals surface area contributed by atoms with Gasteiger partial charge in [0.2, 0.25) is 0 Å². The van der Waals surface area contributed by atoms with E-state index in [2.05, 4.69) is 31.2 Å². The van der Waals surface area contributed by atoms with Gasteiger partial charge < -0.3 is 10.1 Å². The number of carbonyl (C=O) groups is 1. The first-order valence-electron chi connectivity index (χ1n) is 8.08. The largest absolute Gasteiger partial charge is 0.496 e. The third kappa shape index (κ3) is 4.08. The van der Waals surface area contributed by atoms with Crippen LogP contribution in [0.25, 0.3) is 11.4 Å². The summed E-state index contributed by atoms with van der Waals surface area (Å²) in [5.41, 5.74) is 2.90. The zero-order valence-electron chi connectivity index (χ0n) is 14.5. The molecule has 3 rings (SSSR count). The van der Waals surface area contributed by atoms with Crippen molar-refractivity contribution in [3.05, 3.63) is 76.0 Å². The number of methoxy groups -OCH3 is 1. The Hall–Kier alpha value is -2.73. The fraction of sp³-hybridized carbons (Fsp3) is 0.150. The molecule has 0 fully saturated rings. The first kappa shape index (κ1) is 18.1. The molecule has 0 aliphatic heterocycles. The summed E-state index contributed by atoms with van der Waals surface area (Å²) in [5.74, 6) is 1.11. The fourth-order valence-corrected chi connectivity index (χ4v) is 2.98. The van der Waals surface area contributed by atoms with Crippen LogP contribution in [0.5, 0.6) is 5.75 Å². The van der Waals surface area contributed by atoms with Crippen molar-refractivity contribution in [2.75, 3.05) is 7.11 Å². The number of rotatable bonds is 5. The van der Waals surface area contributed by atoms with E-state index in [1.54, 1.807) is 13.3 Å². The number of halogens is 1. The van der Waals surface area contributed by atoms with Crippen molar-refractivity contribution in [1.29, 1.82) is 0 Å². The summed E-state index contributed by atoms with van der Waals surface area (Å²) >= 11 is 3.43. The number of hydrogen-bond acceptors (Lipinski definition) is 4. The number of nitrogens with zero attached hydrogens (tertiary/aromatic N) is 2. The summed E-state index contributed by atoms with van der Waals surface area (Å²) in [7, 11) is 1.61. The molecule has 0 aliphatic rings. The summed E-state index contributed by atoms with van der Waals surface area (Å²) < 4.78 is 6.26. The zero-order chi connectivity index (χ0) is 18.5. The van der Waals surface area contributed by atoms with Crippen LogP contribution >= 0.6 is 15.9 Å². The molecule has 0 spiro atoms. The lowest BCUT2D eigenvalue weighted by molar-refractivity contribution is 0.0949. The molecule has 26 heavy (non-hydrogen) atoms. The third-order valence-corrected chi connectivity index (χ3v) is 4.43. The number of carbonyl (C=O) groups excluding carboxylic acids is 1. The number of hydrogen-bond donors (Lipinski definition) is 1. The predicted octanol–water partition coefficient (Wildman–Crippen LogP) is 4.15. The van der Waals surface area contributed by atoms with Crippen LogP contribution in [0.1, 0.15) is 21.6 Å². The minimum absolute atomic E-state index is 0.218. The van der Waals surface area contributed by atoms with Gasteiger partial charge in [-0.15, -0.1) is 0 Å². The van der Waals surface area contributed by atoms with Crippen LogP contribution in [0.2, 0.25) is 0 Å². The zero-order valence-corrected chi connectivity index (χ0v) is 16.1. The van der Waals surface area contributed by atoms with Gasteiger partial charge in [-0.05, 0) is 25.1 Å². The van der Waals surface area contributed by atoms with Crippen molar-refractivity contribution in [1.82, 2.24) is 15.3 Å². The Morgan fingerprint density at radius 3 is 2.65 bits per heavy atom. The van der Waals surface area contributed by atoms with Crippen molar-refractivity contribution in [2.24, 2.45) is 0 Å². The van der Waals surface area contributed by atoms with Gasteiger partial charge >= 0.3 is 0 Å².